The van der Waals surface area contributed by atoms with Crippen LogP contribution in [0.1, 0.15) is 18.4 Å². The molecule has 1 fully saturated rings. The Bertz CT molecular complexity index is 253. The summed E-state index contributed by atoms with van der Waals surface area (Å²) in [4.78, 5) is 2.37. The van der Waals surface area contributed by atoms with E-state index in [-0.39, 0.29) is 0 Å². The summed E-state index contributed by atoms with van der Waals surface area (Å²) in [6.07, 6.45) is 5.65. The standard InChI is InChI=1S/C10H16N2O2/c13-7-9-1-3-12(4-2-9)6-10-5-11-14-8-10/h5,8-9,13H,1-4,6-7H2. The molecule has 4 nitrogen and oxygen atoms in total. The second kappa shape index (κ2) is 4.57. The predicted octanol–water partition coefficient (Wildman–Crippen LogP) is 0.879. The molecule has 1 saturated heterocycles. The molecule has 1 aliphatic heterocycles. The van der Waals surface area contributed by atoms with Crippen LogP contribution in [0.25, 0.3) is 0 Å². The van der Waals surface area contributed by atoms with Crippen molar-refractivity contribution in [1.29, 1.82) is 0 Å². The molecule has 0 spiro atoms. The maximum absolute atomic E-state index is 8.99. The number of aliphatic hydroxyl groups excluding tert-OH is 1. The van der Waals surface area contributed by atoms with Crippen molar-refractivity contribution in [2.24, 2.45) is 5.92 Å². The molecule has 0 saturated carbocycles. The Morgan fingerprint density at radius 3 is 2.86 bits per heavy atom. The number of likely N-dealkylation sites (tertiary alicyclic amines) is 1. The van der Waals surface area contributed by atoms with Gasteiger partial charge in [0.15, 0.2) is 0 Å². The lowest BCUT2D eigenvalue weighted by molar-refractivity contribution is 0.127. The topological polar surface area (TPSA) is 49.5 Å². The number of piperidine rings is 1. The third-order valence-corrected chi connectivity index (χ3v) is 2.85. The first-order valence-electron chi connectivity index (χ1n) is 5.10. The number of hydrogen-bond acceptors (Lipinski definition) is 4. The van der Waals surface area contributed by atoms with Crippen LogP contribution in [0.15, 0.2) is 17.0 Å². The van der Waals surface area contributed by atoms with E-state index in [1.165, 1.54) is 0 Å². The average Bonchev–Trinajstić information content (AvgIpc) is 2.72. The molecule has 2 heterocycles. The molecule has 0 radical (unpaired) electrons. The average molecular weight is 196 g/mol. The molecular weight excluding hydrogens is 180 g/mol. The molecule has 0 aromatic carbocycles. The van der Waals surface area contributed by atoms with Crippen LogP contribution in [0.4, 0.5) is 0 Å². The largest absolute Gasteiger partial charge is 0.396 e. The summed E-state index contributed by atoms with van der Waals surface area (Å²) in [5, 5.41) is 12.7. The smallest absolute Gasteiger partial charge is 0.128 e. The van der Waals surface area contributed by atoms with E-state index in [1.54, 1.807) is 12.5 Å². The fourth-order valence-electron chi connectivity index (χ4n) is 1.89. The Hall–Kier alpha value is -0.870. The normalized spacial score (nSPS) is 20.1. The Kier molecular flexibility index (Phi) is 3.16. The highest BCUT2D eigenvalue weighted by Gasteiger charge is 2.18. The van der Waals surface area contributed by atoms with Crippen LogP contribution in [0, 0.1) is 5.92 Å². The minimum atomic E-state index is 0.334. The lowest BCUT2D eigenvalue weighted by atomic mass is 9.98. The molecule has 1 aromatic rings. The van der Waals surface area contributed by atoms with Crippen molar-refractivity contribution < 1.29 is 9.63 Å². The van der Waals surface area contributed by atoms with Crippen molar-refractivity contribution >= 4 is 0 Å². The van der Waals surface area contributed by atoms with Crippen molar-refractivity contribution in [3.63, 3.8) is 0 Å². The van der Waals surface area contributed by atoms with Crippen LogP contribution in [0.3, 0.4) is 0 Å². The van der Waals surface area contributed by atoms with Gasteiger partial charge in [-0.2, -0.15) is 0 Å². The van der Waals surface area contributed by atoms with E-state index < -0.39 is 0 Å². The van der Waals surface area contributed by atoms with Gasteiger partial charge in [0.25, 0.3) is 0 Å². The number of aliphatic hydroxyl groups is 1. The van der Waals surface area contributed by atoms with Gasteiger partial charge >= 0.3 is 0 Å². The van der Waals surface area contributed by atoms with Crippen LogP contribution in [-0.2, 0) is 6.54 Å². The molecule has 14 heavy (non-hydrogen) atoms. The Morgan fingerprint density at radius 2 is 2.29 bits per heavy atom. The van der Waals surface area contributed by atoms with Gasteiger partial charge in [-0.1, -0.05) is 5.16 Å². The van der Waals surface area contributed by atoms with E-state index >= 15 is 0 Å². The molecule has 1 aromatic heterocycles. The summed E-state index contributed by atoms with van der Waals surface area (Å²) < 4.78 is 4.78. The van der Waals surface area contributed by atoms with Gasteiger partial charge in [-0.15, -0.1) is 0 Å². The SMILES string of the molecule is OCC1CCN(Cc2cnoc2)CC1. The maximum Gasteiger partial charge on any atom is 0.128 e. The molecule has 1 aliphatic rings. The molecule has 0 atom stereocenters. The van der Waals surface area contributed by atoms with Crippen molar-refractivity contribution in [3.8, 4) is 0 Å². The fourth-order valence-corrected chi connectivity index (χ4v) is 1.89. The summed E-state index contributed by atoms with van der Waals surface area (Å²) in [6, 6.07) is 0. The quantitative estimate of drug-likeness (QED) is 0.779. The highest BCUT2D eigenvalue weighted by Crippen LogP contribution is 2.17. The number of aromatic nitrogens is 1. The second-order valence-electron chi connectivity index (χ2n) is 3.93. The zero-order valence-corrected chi connectivity index (χ0v) is 8.22. The molecule has 1 N–H and O–H groups in total. The summed E-state index contributed by atoms with van der Waals surface area (Å²) in [5.74, 6) is 0.508. The van der Waals surface area contributed by atoms with Gasteiger partial charge in [0, 0.05) is 18.7 Å². The number of rotatable bonds is 3. The van der Waals surface area contributed by atoms with E-state index in [2.05, 4.69) is 10.1 Å². The summed E-state index contributed by atoms with van der Waals surface area (Å²) in [7, 11) is 0. The summed E-state index contributed by atoms with van der Waals surface area (Å²) in [5.41, 5.74) is 1.13. The van der Waals surface area contributed by atoms with Crippen LogP contribution in [0.5, 0.6) is 0 Å². The van der Waals surface area contributed by atoms with Crippen molar-refractivity contribution in [2.45, 2.75) is 19.4 Å². The summed E-state index contributed by atoms with van der Waals surface area (Å²) in [6.45, 7) is 3.38. The molecule has 0 amide bonds. The fraction of sp³-hybridized carbons (Fsp3) is 0.700. The van der Waals surface area contributed by atoms with Crippen molar-refractivity contribution in [2.75, 3.05) is 19.7 Å². The third kappa shape index (κ3) is 2.33. The lowest BCUT2D eigenvalue weighted by Gasteiger charge is -2.30. The van der Waals surface area contributed by atoms with E-state index in [1.807, 2.05) is 0 Å². The minimum Gasteiger partial charge on any atom is -0.396 e. The van der Waals surface area contributed by atoms with Gasteiger partial charge < -0.3 is 9.63 Å². The zero-order valence-electron chi connectivity index (χ0n) is 8.22. The monoisotopic (exact) mass is 196 g/mol. The van der Waals surface area contributed by atoms with Crippen LogP contribution in [-0.4, -0.2) is 34.9 Å². The first kappa shape index (κ1) is 9.68. The second-order valence-corrected chi connectivity index (χ2v) is 3.93. The van der Waals surface area contributed by atoms with Gasteiger partial charge in [-0.05, 0) is 31.8 Å². The van der Waals surface area contributed by atoms with Crippen molar-refractivity contribution in [3.05, 3.63) is 18.0 Å². The molecule has 0 aliphatic carbocycles. The predicted molar refractivity (Wildman–Crippen MR) is 51.6 cm³/mol. The molecular formula is C10H16N2O2. The maximum atomic E-state index is 8.99. The van der Waals surface area contributed by atoms with E-state index in [9.17, 15) is 0 Å². The number of hydrogen-bond donors (Lipinski definition) is 1. The molecule has 2 rings (SSSR count). The highest BCUT2D eigenvalue weighted by atomic mass is 16.5. The van der Waals surface area contributed by atoms with E-state index in [4.69, 9.17) is 9.63 Å². The third-order valence-electron chi connectivity index (χ3n) is 2.85. The van der Waals surface area contributed by atoms with Gasteiger partial charge in [-0.3, -0.25) is 4.90 Å². The lowest BCUT2D eigenvalue weighted by Crippen LogP contribution is -2.34. The highest BCUT2D eigenvalue weighted by molar-refractivity contribution is 5.00. The molecule has 0 unspecified atom stereocenters. The first-order chi connectivity index (χ1) is 6.88. The van der Waals surface area contributed by atoms with Gasteiger partial charge in [0.05, 0.1) is 6.20 Å². The van der Waals surface area contributed by atoms with Gasteiger partial charge in [0.1, 0.15) is 6.26 Å². The van der Waals surface area contributed by atoms with Crippen LogP contribution in [0.2, 0.25) is 0 Å². The first-order valence-corrected chi connectivity index (χ1v) is 5.10. The Balaban J connectivity index is 1.79. The van der Waals surface area contributed by atoms with Gasteiger partial charge in [0.2, 0.25) is 0 Å². The molecule has 0 bridgehead atoms. The summed E-state index contributed by atoms with van der Waals surface area (Å²) >= 11 is 0. The van der Waals surface area contributed by atoms with Crippen LogP contribution >= 0.6 is 0 Å². The zero-order chi connectivity index (χ0) is 9.80. The Morgan fingerprint density at radius 1 is 1.50 bits per heavy atom. The Labute approximate surface area is 83.5 Å². The van der Waals surface area contributed by atoms with E-state index in [0.29, 0.717) is 12.5 Å². The number of nitrogens with zero attached hydrogens (tertiary/aromatic N) is 2. The minimum absolute atomic E-state index is 0.334. The van der Waals surface area contributed by atoms with Crippen molar-refractivity contribution in [1.82, 2.24) is 10.1 Å². The molecule has 4 heteroatoms. The van der Waals surface area contributed by atoms with Gasteiger partial charge in [-0.25, -0.2) is 0 Å². The van der Waals surface area contributed by atoms with Crippen LogP contribution < -0.4 is 0 Å². The van der Waals surface area contributed by atoms with E-state index in [0.717, 1.165) is 38.0 Å². The molecule has 78 valence electrons.